The van der Waals surface area contributed by atoms with Gasteiger partial charge in [0.25, 0.3) is 0 Å². The van der Waals surface area contributed by atoms with E-state index in [-0.39, 0.29) is 0 Å². The Morgan fingerprint density at radius 2 is 2.20 bits per heavy atom. The van der Waals surface area contributed by atoms with E-state index >= 15 is 0 Å². The van der Waals surface area contributed by atoms with E-state index in [9.17, 15) is 0 Å². The number of hydrogen-bond donors (Lipinski definition) is 1. The van der Waals surface area contributed by atoms with Crippen molar-refractivity contribution in [2.75, 3.05) is 6.54 Å². The van der Waals surface area contributed by atoms with Gasteiger partial charge in [0.05, 0.1) is 0 Å². The summed E-state index contributed by atoms with van der Waals surface area (Å²) in [6.07, 6.45) is 7.06. The van der Waals surface area contributed by atoms with E-state index in [1.165, 1.54) is 0 Å². The average Bonchev–Trinajstić information content (AvgIpc) is 1.98. The molecule has 1 heteroatoms. The van der Waals surface area contributed by atoms with Crippen molar-refractivity contribution in [1.82, 2.24) is 5.32 Å². The van der Waals surface area contributed by atoms with Gasteiger partial charge in [-0.3, -0.25) is 0 Å². The summed E-state index contributed by atoms with van der Waals surface area (Å²) in [7, 11) is 0. The van der Waals surface area contributed by atoms with E-state index in [1.807, 2.05) is 6.08 Å². The molecule has 0 aliphatic heterocycles. The molecule has 0 amide bonds. The first-order valence-corrected chi connectivity index (χ1v) is 3.87. The van der Waals surface area contributed by atoms with Crippen LogP contribution in [-0.2, 0) is 0 Å². The van der Waals surface area contributed by atoms with E-state index in [0.29, 0.717) is 6.04 Å². The van der Waals surface area contributed by atoms with Crippen molar-refractivity contribution >= 4 is 0 Å². The van der Waals surface area contributed by atoms with Gasteiger partial charge in [0.2, 0.25) is 0 Å². The monoisotopic (exact) mass is 139 g/mol. The third-order valence-corrected chi connectivity index (χ3v) is 1.39. The second-order valence-electron chi connectivity index (χ2n) is 2.19. The highest BCUT2D eigenvalue weighted by Gasteiger charge is 1.95. The zero-order chi connectivity index (χ0) is 7.82. The third kappa shape index (κ3) is 4.33. The Bertz CT molecular complexity index is 105. The Labute approximate surface area is 63.8 Å². The van der Waals surface area contributed by atoms with Gasteiger partial charge in [-0.05, 0) is 13.0 Å². The predicted octanol–water partition coefficient (Wildman–Crippen LogP) is 2.12. The zero-order valence-corrected chi connectivity index (χ0v) is 6.93. The smallest absolute Gasteiger partial charge is 0.0250 e. The van der Waals surface area contributed by atoms with Crippen molar-refractivity contribution in [2.45, 2.75) is 26.3 Å². The fraction of sp³-hybridized carbons (Fsp3) is 0.556. The number of rotatable bonds is 5. The highest BCUT2D eigenvalue weighted by Crippen LogP contribution is 1.92. The predicted molar refractivity (Wildman–Crippen MR) is 47.1 cm³/mol. The van der Waals surface area contributed by atoms with Gasteiger partial charge in [-0.2, -0.15) is 0 Å². The van der Waals surface area contributed by atoms with Crippen molar-refractivity contribution < 1.29 is 0 Å². The van der Waals surface area contributed by atoms with Crippen LogP contribution in [0.15, 0.2) is 24.8 Å². The van der Waals surface area contributed by atoms with Crippen molar-refractivity contribution in [3.05, 3.63) is 24.8 Å². The molecule has 0 aliphatic rings. The van der Waals surface area contributed by atoms with Crippen LogP contribution >= 0.6 is 0 Å². The molecule has 58 valence electrons. The fourth-order valence-electron chi connectivity index (χ4n) is 0.823. The van der Waals surface area contributed by atoms with Crippen molar-refractivity contribution in [3.8, 4) is 0 Å². The number of likely N-dealkylation sites (N-methyl/N-ethyl adjacent to an activating group) is 1. The summed E-state index contributed by atoms with van der Waals surface area (Å²) in [6.45, 7) is 8.92. The van der Waals surface area contributed by atoms with Crippen LogP contribution in [0, 0.1) is 0 Å². The maximum Gasteiger partial charge on any atom is 0.0250 e. The van der Waals surface area contributed by atoms with E-state index in [0.717, 1.165) is 13.0 Å². The second-order valence-corrected chi connectivity index (χ2v) is 2.19. The van der Waals surface area contributed by atoms with Gasteiger partial charge in [0.15, 0.2) is 0 Å². The summed E-state index contributed by atoms with van der Waals surface area (Å²) in [5.41, 5.74) is 0. The molecule has 0 aliphatic carbocycles. The van der Waals surface area contributed by atoms with Crippen LogP contribution in [-0.4, -0.2) is 12.6 Å². The minimum Gasteiger partial charge on any atom is -0.311 e. The van der Waals surface area contributed by atoms with E-state index in [1.54, 1.807) is 6.08 Å². The molecule has 0 saturated heterocycles. The highest BCUT2D eigenvalue weighted by molar-refractivity contribution is 5.02. The van der Waals surface area contributed by atoms with Gasteiger partial charge in [-0.1, -0.05) is 38.7 Å². The molecule has 1 N–H and O–H groups in total. The summed E-state index contributed by atoms with van der Waals surface area (Å²) in [4.78, 5) is 0. The topological polar surface area (TPSA) is 12.0 Å². The molecule has 1 atom stereocenters. The Morgan fingerprint density at radius 1 is 1.50 bits per heavy atom. The SMILES string of the molecule is C=C/C=C/C(CC)NCC. The van der Waals surface area contributed by atoms with Gasteiger partial charge in [-0.25, -0.2) is 0 Å². The number of allylic oxidation sites excluding steroid dienone is 2. The van der Waals surface area contributed by atoms with E-state index in [4.69, 9.17) is 0 Å². The van der Waals surface area contributed by atoms with Crippen LogP contribution in [0.4, 0.5) is 0 Å². The van der Waals surface area contributed by atoms with E-state index < -0.39 is 0 Å². The Balaban J connectivity index is 3.58. The quantitative estimate of drug-likeness (QED) is 0.575. The first kappa shape index (κ1) is 9.44. The van der Waals surface area contributed by atoms with Crippen molar-refractivity contribution in [2.24, 2.45) is 0 Å². The first-order chi connectivity index (χ1) is 4.85. The largest absolute Gasteiger partial charge is 0.311 e. The lowest BCUT2D eigenvalue weighted by Crippen LogP contribution is -2.25. The Morgan fingerprint density at radius 3 is 2.60 bits per heavy atom. The molecule has 0 bridgehead atoms. The van der Waals surface area contributed by atoms with E-state index in [2.05, 4.69) is 31.8 Å². The minimum absolute atomic E-state index is 0.517. The van der Waals surface area contributed by atoms with Crippen LogP contribution in [0.3, 0.4) is 0 Å². The molecule has 0 aromatic carbocycles. The molecule has 10 heavy (non-hydrogen) atoms. The minimum atomic E-state index is 0.517. The van der Waals surface area contributed by atoms with Gasteiger partial charge in [0, 0.05) is 6.04 Å². The van der Waals surface area contributed by atoms with Crippen molar-refractivity contribution in [3.63, 3.8) is 0 Å². The second kappa shape index (κ2) is 6.56. The maximum absolute atomic E-state index is 3.61. The molecular formula is C9H17N. The van der Waals surface area contributed by atoms with Gasteiger partial charge >= 0.3 is 0 Å². The fourth-order valence-corrected chi connectivity index (χ4v) is 0.823. The van der Waals surface area contributed by atoms with Crippen LogP contribution < -0.4 is 5.32 Å². The normalized spacial score (nSPS) is 13.8. The molecule has 0 saturated carbocycles. The van der Waals surface area contributed by atoms with Crippen LogP contribution in [0.2, 0.25) is 0 Å². The van der Waals surface area contributed by atoms with Gasteiger partial charge < -0.3 is 5.32 Å². The van der Waals surface area contributed by atoms with Gasteiger partial charge in [-0.15, -0.1) is 0 Å². The van der Waals surface area contributed by atoms with Gasteiger partial charge in [0.1, 0.15) is 0 Å². The highest BCUT2D eigenvalue weighted by atomic mass is 14.9. The maximum atomic E-state index is 3.61. The number of nitrogens with one attached hydrogen (secondary N) is 1. The molecule has 0 fully saturated rings. The lowest BCUT2D eigenvalue weighted by molar-refractivity contribution is 0.599. The first-order valence-electron chi connectivity index (χ1n) is 3.87. The summed E-state index contributed by atoms with van der Waals surface area (Å²) >= 11 is 0. The summed E-state index contributed by atoms with van der Waals surface area (Å²) in [6, 6.07) is 0.517. The Hall–Kier alpha value is -0.560. The molecular weight excluding hydrogens is 122 g/mol. The van der Waals surface area contributed by atoms with Crippen LogP contribution in [0.25, 0.3) is 0 Å². The summed E-state index contributed by atoms with van der Waals surface area (Å²) in [5, 5.41) is 3.33. The molecule has 1 nitrogen and oxygen atoms in total. The lowest BCUT2D eigenvalue weighted by Gasteiger charge is -2.09. The number of hydrogen-bond acceptors (Lipinski definition) is 1. The molecule has 0 aromatic rings. The summed E-state index contributed by atoms with van der Waals surface area (Å²) < 4.78 is 0. The molecule has 0 spiro atoms. The van der Waals surface area contributed by atoms with Crippen LogP contribution in [0.5, 0.6) is 0 Å². The summed E-state index contributed by atoms with van der Waals surface area (Å²) in [5.74, 6) is 0. The lowest BCUT2D eigenvalue weighted by atomic mass is 10.2. The molecule has 0 radical (unpaired) electrons. The average molecular weight is 139 g/mol. The molecule has 0 heterocycles. The van der Waals surface area contributed by atoms with Crippen molar-refractivity contribution in [1.29, 1.82) is 0 Å². The molecule has 0 aromatic heterocycles. The Kier molecular flexibility index (Phi) is 6.19. The molecule has 1 unspecified atom stereocenters. The van der Waals surface area contributed by atoms with Crippen LogP contribution in [0.1, 0.15) is 20.3 Å². The zero-order valence-electron chi connectivity index (χ0n) is 6.93. The standard InChI is InChI=1S/C9H17N/c1-4-7-8-9(5-2)10-6-3/h4,7-10H,1,5-6H2,2-3H3/b8-7+. The third-order valence-electron chi connectivity index (χ3n) is 1.39. The molecule has 0 rings (SSSR count).